The summed E-state index contributed by atoms with van der Waals surface area (Å²) in [7, 11) is 0. The van der Waals surface area contributed by atoms with E-state index in [0.29, 0.717) is 11.8 Å². The summed E-state index contributed by atoms with van der Waals surface area (Å²) < 4.78 is 5.16. The molecule has 4 aliphatic carbocycles. The molecule has 0 saturated heterocycles. The molecular weight excluding hydrogens is 763 g/mol. The number of aryl methyl sites for hydroxylation is 2. The fraction of sp³-hybridized carbons (Fsp3) is 0.340. The molecule has 0 heterocycles. The van der Waals surface area contributed by atoms with Gasteiger partial charge in [0.25, 0.3) is 0 Å². The summed E-state index contributed by atoms with van der Waals surface area (Å²) in [6, 6.07) is 29.3. The van der Waals surface area contributed by atoms with Crippen LogP contribution < -0.4 is 24.8 Å². The molecule has 4 aromatic carbocycles. The largest absolute Gasteiger partial charge is 1.00 e. The number of halogens is 2. The summed E-state index contributed by atoms with van der Waals surface area (Å²) in [5.41, 5.74) is 23.5. The maximum Gasteiger partial charge on any atom is -1.00 e. The van der Waals surface area contributed by atoms with Gasteiger partial charge in [-0.15, -0.1) is 0 Å². The molecule has 3 heteroatoms. The number of fused-ring (bicyclic) bond motifs is 5. The van der Waals surface area contributed by atoms with E-state index in [1.807, 2.05) is 0 Å². The zero-order valence-electron chi connectivity index (χ0n) is 33.7. The standard InChI is InChI=1S/C25H25.C15H14.C10H15.2ClH.Zr/c1-14-12-24(3,4)22-8-16-7-17-9-23-19(15(2)13-25(23,5)6)11-21(17)20(16)10-18(14)22;1-12-3-7-14(8-4-12)11-15-9-5-13(2)6-10-15;1-7(2)10-6-8(3)5-9(10)4;;;/h8-12H,7H2,1-6H3;3-10H,1-2H3;6-8H,1-4H3;2*1H;/q;;;;;+2/p-2. The maximum absolute atomic E-state index is 2.91. The Kier molecular flexibility index (Phi) is 10.6. The van der Waals surface area contributed by atoms with Gasteiger partial charge in [0.05, 0.1) is 0 Å². The van der Waals surface area contributed by atoms with Crippen molar-refractivity contribution in [2.45, 2.75) is 100 Å². The van der Waals surface area contributed by atoms with Crippen LogP contribution >= 0.6 is 0 Å². The van der Waals surface area contributed by atoms with Crippen molar-refractivity contribution in [2.75, 3.05) is 0 Å². The topological polar surface area (TPSA) is 0 Å². The minimum absolute atomic E-state index is 0. The van der Waals surface area contributed by atoms with Gasteiger partial charge in [-0.25, -0.2) is 0 Å². The fourth-order valence-electron chi connectivity index (χ4n) is 10.2. The van der Waals surface area contributed by atoms with Crippen molar-refractivity contribution in [3.05, 3.63) is 158 Å². The number of benzene rings is 4. The number of allylic oxidation sites excluding steroid dienone is 8. The molecule has 0 aliphatic heterocycles. The molecule has 0 N–H and O–H groups in total. The van der Waals surface area contributed by atoms with Crippen LogP contribution in [-0.4, -0.2) is 3.21 Å². The van der Waals surface area contributed by atoms with Crippen molar-refractivity contribution >= 4 is 14.4 Å². The molecule has 0 aromatic heterocycles. The van der Waals surface area contributed by atoms with Gasteiger partial charge in [0, 0.05) is 0 Å². The van der Waals surface area contributed by atoms with Crippen molar-refractivity contribution in [2.24, 2.45) is 11.8 Å². The Balaban J connectivity index is 0.00000240. The van der Waals surface area contributed by atoms with E-state index in [0.717, 1.165) is 6.42 Å². The van der Waals surface area contributed by atoms with Crippen LogP contribution in [0.15, 0.2) is 103 Å². The third kappa shape index (κ3) is 6.26. The second kappa shape index (κ2) is 14.0. The predicted molar refractivity (Wildman–Crippen MR) is 217 cm³/mol. The first-order valence-corrected chi connectivity index (χ1v) is 22.9. The Morgan fingerprint density at radius 1 is 0.660 bits per heavy atom. The average molecular weight is 817 g/mol. The van der Waals surface area contributed by atoms with Crippen LogP contribution in [0.4, 0.5) is 0 Å². The summed E-state index contributed by atoms with van der Waals surface area (Å²) in [4.78, 5) is 0. The number of rotatable bonds is 5. The van der Waals surface area contributed by atoms with Gasteiger partial charge >= 0.3 is 317 Å². The van der Waals surface area contributed by atoms with Gasteiger partial charge in [-0.3, -0.25) is 0 Å². The number of hydrogen-bond acceptors (Lipinski definition) is 0. The monoisotopic (exact) mass is 814 g/mol. The molecule has 0 radical (unpaired) electrons. The molecule has 0 fully saturated rings. The minimum Gasteiger partial charge on any atom is -1.00 e. The van der Waals surface area contributed by atoms with E-state index in [2.05, 4.69) is 168 Å². The SMILES string of the molecule is CC1=CC(C)(C)c2cc3c(cc21)-c1cc2c(cc1C3)C(C)(C)[C]([Zr+2]([C]1=C(C)C(C(C)C)=CC1C)=[C](c1ccc(C)cc1)c1ccc(C)cc1)=C2C.[Cl-].[Cl-]. The van der Waals surface area contributed by atoms with Gasteiger partial charge in [0.15, 0.2) is 0 Å². The first-order chi connectivity index (χ1) is 24.1. The molecule has 1 atom stereocenters. The summed E-state index contributed by atoms with van der Waals surface area (Å²) in [5.74, 6) is 0.969. The second-order valence-electron chi connectivity index (χ2n) is 17.5. The molecular formula is C50H54Cl2Zr. The molecule has 0 spiro atoms. The van der Waals surface area contributed by atoms with Crippen LogP contribution in [-0.2, 0) is 38.5 Å². The zero-order chi connectivity index (χ0) is 36.3. The van der Waals surface area contributed by atoms with Gasteiger partial charge in [0.1, 0.15) is 0 Å². The maximum atomic E-state index is 2.63. The van der Waals surface area contributed by atoms with Crippen molar-refractivity contribution < 1.29 is 46.1 Å². The Bertz CT molecular complexity index is 2290. The molecule has 272 valence electrons. The summed E-state index contributed by atoms with van der Waals surface area (Å²) in [6.07, 6.45) is 6.11. The van der Waals surface area contributed by atoms with E-state index in [4.69, 9.17) is 0 Å². The molecule has 4 aliphatic rings. The summed E-state index contributed by atoms with van der Waals surface area (Å²) >= 11 is -2.91. The van der Waals surface area contributed by atoms with Crippen molar-refractivity contribution in [3.63, 3.8) is 0 Å². The normalized spacial score (nSPS) is 18.4. The molecule has 0 bridgehead atoms. The fourth-order valence-corrected chi connectivity index (χ4v) is 20.1. The first kappa shape index (κ1) is 39.9. The first-order valence-electron chi connectivity index (χ1n) is 19.2. The minimum atomic E-state index is -2.91. The third-order valence-electron chi connectivity index (χ3n) is 12.7. The Morgan fingerprint density at radius 3 is 1.68 bits per heavy atom. The van der Waals surface area contributed by atoms with Gasteiger partial charge in [-0.2, -0.15) is 0 Å². The van der Waals surface area contributed by atoms with Crippen LogP contribution in [0.1, 0.15) is 125 Å². The molecule has 0 amide bonds. The molecule has 0 nitrogen and oxygen atoms in total. The average Bonchev–Trinajstić information content (AvgIpc) is 3.71. The molecule has 1 unspecified atom stereocenters. The molecule has 8 rings (SSSR count). The summed E-state index contributed by atoms with van der Waals surface area (Å²) in [6.45, 7) is 28.8. The van der Waals surface area contributed by atoms with Gasteiger partial charge in [0.2, 0.25) is 0 Å². The van der Waals surface area contributed by atoms with E-state index < -0.39 is 21.3 Å². The smallest absolute Gasteiger partial charge is 1.00 e. The molecule has 0 saturated carbocycles. The van der Waals surface area contributed by atoms with Crippen LogP contribution in [0.5, 0.6) is 0 Å². The second-order valence-corrected chi connectivity index (χ2v) is 23.2. The summed E-state index contributed by atoms with van der Waals surface area (Å²) in [5, 5.41) is 0. The van der Waals surface area contributed by atoms with Crippen molar-refractivity contribution in [3.8, 4) is 11.1 Å². The van der Waals surface area contributed by atoms with E-state index in [9.17, 15) is 0 Å². The molecule has 4 aromatic rings. The zero-order valence-corrected chi connectivity index (χ0v) is 37.7. The van der Waals surface area contributed by atoms with Gasteiger partial charge in [-0.1, -0.05) is 0 Å². The van der Waals surface area contributed by atoms with Crippen molar-refractivity contribution in [1.82, 2.24) is 0 Å². The van der Waals surface area contributed by atoms with Crippen LogP contribution in [0.2, 0.25) is 0 Å². The molecule has 53 heavy (non-hydrogen) atoms. The van der Waals surface area contributed by atoms with E-state index in [-0.39, 0.29) is 35.6 Å². The quantitative estimate of drug-likeness (QED) is 0.180. The third-order valence-corrected chi connectivity index (χ3v) is 22.4. The Labute approximate surface area is 339 Å². The predicted octanol–water partition coefficient (Wildman–Crippen LogP) is 6.99. The van der Waals surface area contributed by atoms with Crippen LogP contribution in [0, 0.1) is 25.7 Å². The number of hydrogen-bond donors (Lipinski definition) is 0. The van der Waals surface area contributed by atoms with Crippen molar-refractivity contribution in [1.29, 1.82) is 0 Å². The Hall–Kier alpha value is -2.83. The van der Waals surface area contributed by atoms with E-state index >= 15 is 0 Å². The Morgan fingerprint density at radius 2 is 1.17 bits per heavy atom. The van der Waals surface area contributed by atoms with Gasteiger partial charge in [-0.05, 0) is 0 Å². The van der Waals surface area contributed by atoms with Gasteiger partial charge < -0.3 is 24.8 Å². The van der Waals surface area contributed by atoms with Crippen LogP contribution in [0.25, 0.3) is 22.3 Å². The van der Waals surface area contributed by atoms with E-state index in [1.165, 1.54) is 72.3 Å². The van der Waals surface area contributed by atoms with E-state index in [1.54, 1.807) is 26.5 Å². The van der Waals surface area contributed by atoms with Crippen LogP contribution in [0.3, 0.4) is 0 Å².